The van der Waals surface area contributed by atoms with Gasteiger partial charge < -0.3 is 31.2 Å². The van der Waals surface area contributed by atoms with Crippen molar-refractivity contribution in [1.82, 2.24) is 0 Å². The molecule has 0 radical (unpaired) electrons. The lowest BCUT2D eigenvalue weighted by Gasteiger charge is -2.27. The van der Waals surface area contributed by atoms with Crippen LogP contribution in [0.2, 0.25) is 0 Å². The minimum Gasteiger partial charge on any atom is -0.460 e. The van der Waals surface area contributed by atoms with Gasteiger partial charge in [0.15, 0.2) is 0 Å². The maximum Gasteiger partial charge on any atom is 0.306 e. The first kappa shape index (κ1) is 54.8. The molecule has 0 heterocycles. The quantitative estimate of drug-likeness (QED) is 0.172. The number of ketones is 1. The highest BCUT2D eigenvalue weighted by atomic mass is 19.1. The Morgan fingerprint density at radius 1 is 0.610 bits per heavy atom. The van der Waals surface area contributed by atoms with E-state index in [1.54, 1.807) is 0 Å². The van der Waals surface area contributed by atoms with E-state index in [9.17, 15) is 33.4 Å². The highest BCUT2D eigenvalue weighted by Gasteiger charge is 2.28. The van der Waals surface area contributed by atoms with Gasteiger partial charge in [-0.3, -0.25) is 14.4 Å². The molecule has 9 unspecified atom stereocenters. The second-order valence-electron chi connectivity index (χ2n) is 19.5. The van der Waals surface area contributed by atoms with E-state index in [1.165, 1.54) is 25.7 Å². The molecule has 6 N–H and O–H groups in total. The number of nitrogens with zero attached hydrogens (tertiary/aromatic N) is 1. The summed E-state index contributed by atoms with van der Waals surface area (Å²) in [6, 6.07) is 2.00. The first-order chi connectivity index (χ1) is 27.8. The molecular weight excluding hydrogens is 757 g/mol. The first-order valence-corrected chi connectivity index (χ1v) is 23.2. The van der Waals surface area contributed by atoms with Crippen molar-refractivity contribution in [3.8, 4) is 6.07 Å². The van der Waals surface area contributed by atoms with Gasteiger partial charge in [-0.25, -0.2) is 8.78 Å². The molecule has 0 aromatic heterocycles. The Morgan fingerprint density at radius 2 is 0.983 bits per heavy atom. The number of nitriles is 1. The normalized spacial score (nSPS) is 29.7. The maximum absolute atomic E-state index is 13.5. The molecule has 5 aliphatic rings. The Morgan fingerprint density at radius 3 is 1.32 bits per heavy atom. The van der Waals surface area contributed by atoms with Crippen LogP contribution in [-0.4, -0.2) is 76.8 Å². The van der Waals surface area contributed by atoms with Gasteiger partial charge in [0.2, 0.25) is 0 Å². The molecule has 0 amide bonds. The molecule has 9 atom stereocenters. The molecule has 5 saturated carbocycles. The SMILES string of the molecule is CC(C)(C)OC(=O)CCC1CCCCC1F.CC(C)(C)OC(=O)CCC1CCCCC1O.N#CC1CCCCC1=O.NCC1CCCCC1F.NCC1CCCCC1O. The topological polar surface area (TPSA) is 186 Å². The third-order valence-corrected chi connectivity index (χ3v) is 12.0. The number of aliphatic hydroxyl groups excluding tert-OH is 2. The van der Waals surface area contributed by atoms with Crippen LogP contribution in [0.1, 0.15) is 196 Å². The number of hydrogen-bond acceptors (Lipinski definition) is 10. The van der Waals surface area contributed by atoms with E-state index in [2.05, 4.69) is 0 Å². The molecule has 0 spiro atoms. The molecule has 0 saturated heterocycles. The Balaban J connectivity index is 0.000000379. The lowest BCUT2D eigenvalue weighted by molar-refractivity contribution is -0.156. The summed E-state index contributed by atoms with van der Waals surface area (Å²) < 4.78 is 36.7. The lowest BCUT2D eigenvalue weighted by Crippen LogP contribution is -2.30. The van der Waals surface area contributed by atoms with Crippen molar-refractivity contribution in [1.29, 1.82) is 5.26 Å². The Bertz CT molecular complexity index is 1130. The molecule has 5 rings (SSSR count). The van der Waals surface area contributed by atoms with Crippen molar-refractivity contribution in [3.05, 3.63) is 0 Å². The zero-order chi connectivity index (χ0) is 44.4. The second kappa shape index (κ2) is 29.9. The minimum atomic E-state index is -0.712. The van der Waals surface area contributed by atoms with Gasteiger partial charge in [-0.05, 0) is 149 Å². The van der Waals surface area contributed by atoms with Gasteiger partial charge in [-0.1, -0.05) is 57.8 Å². The molecule has 5 fully saturated rings. The molecule has 59 heavy (non-hydrogen) atoms. The Hall–Kier alpha value is -2.20. The molecule has 0 bridgehead atoms. The van der Waals surface area contributed by atoms with Crippen LogP contribution in [-0.2, 0) is 23.9 Å². The second-order valence-corrected chi connectivity index (χ2v) is 19.5. The Kier molecular flexibility index (Phi) is 27.8. The van der Waals surface area contributed by atoms with E-state index in [1.807, 2.05) is 47.6 Å². The van der Waals surface area contributed by atoms with Crippen LogP contribution in [0.4, 0.5) is 8.78 Å². The highest BCUT2D eigenvalue weighted by molar-refractivity contribution is 5.83. The summed E-state index contributed by atoms with van der Waals surface area (Å²) in [6.07, 6.45) is 20.3. The van der Waals surface area contributed by atoms with Gasteiger partial charge in [0.25, 0.3) is 0 Å². The van der Waals surface area contributed by atoms with Gasteiger partial charge in [-0.15, -0.1) is 0 Å². The third kappa shape index (κ3) is 26.0. The van der Waals surface area contributed by atoms with E-state index in [0.717, 1.165) is 96.3 Å². The number of aliphatic hydroxyl groups is 2. The minimum absolute atomic E-state index is 0.0706. The number of halogens is 2. The molecule has 344 valence electrons. The van der Waals surface area contributed by atoms with E-state index in [-0.39, 0.29) is 47.7 Å². The molecule has 0 aromatic rings. The standard InChI is InChI=1S/C13H23FO2.C13H24O3.C7H14FN.C7H15NO.C7H9NO/c2*1-13(2,3)16-12(15)9-8-10-6-4-5-7-11(10)14;8-7-4-2-1-3-6(7)5-9;2*8-5-6-3-1-2-4-7(6)9/h10-11H,4-9H2,1-3H3;10-11,14H,4-9H2,1-3H3;6-7H,1-5,9H2;6-7,9H,1-5,8H2;6H,1-4H2. The average molecular weight is 842 g/mol. The summed E-state index contributed by atoms with van der Waals surface area (Å²) in [4.78, 5) is 33.8. The van der Waals surface area contributed by atoms with Crippen LogP contribution in [0, 0.1) is 40.9 Å². The van der Waals surface area contributed by atoms with Crippen molar-refractivity contribution < 1.29 is 42.9 Å². The maximum atomic E-state index is 13.5. The van der Waals surface area contributed by atoms with Crippen LogP contribution in [0.25, 0.3) is 0 Å². The van der Waals surface area contributed by atoms with Gasteiger partial charge >= 0.3 is 11.9 Å². The van der Waals surface area contributed by atoms with E-state index < -0.39 is 23.5 Å². The van der Waals surface area contributed by atoms with Crippen LogP contribution >= 0.6 is 0 Å². The molecule has 5 aliphatic carbocycles. The van der Waals surface area contributed by atoms with Gasteiger partial charge in [0, 0.05) is 25.2 Å². The number of ether oxygens (including phenoxy) is 2. The Labute approximate surface area is 356 Å². The van der Waals surface area contributed by atoms with E-state index >= 15 is 0 Å². The fourth-order valence-electron chi connectivity index (χ4n) is 8.41. The first-order valence-electron chi connectivity index (χ1n) is 23.2. The zero-order valence-electron chi connectivity index (χ0n) is 37.9. The summed E-state index contributed by atoms with van der Waals surface area (Å²) in [7, 11) is 0. The van der Waals surface area contributed by atoms with Crippen molar-refractivity contribution in [2.75, 3.05) is 13.1 Å². The number of alkyl halides is 2. The lowest BCUT2D eigenvalue weighted by atomic mass is 9.83. The van der Waals surface area contributed by atoms with Crippen LogP contribution in [0.3, 0.4) is 0 Å². The highest BCUT2D eigenvalue weighted by Crippen LogP contribution is 2.31. The van der Waals surface area contributed by atoms with Gasteiger partial charge in [0.1, 0.15) is 35.2 Å². The van der Waals surface area contributed by atoms with Crippen molar-refractivity contribution in [3.63, 3.8) is 0 Å². The largest absolute Gasteiger partial charge is 0.460 e. The third-order valence-electron chi connectivity index (χ3n) is 12.0. The van der Waals surface area contributed by atoms with E-state index in [0.29, 0.717) is 57.0 Å². The number of nitrogens with two attached hydrogens (primary N) is 2. The summed E-state index contributed by atoms with van der Waals surface area (Å²) in [5.41, 5.74) is 9.96. The summed E-state index contributed by atoms with van der Waals surface area (Å²) in [6.45, 7) is 12.4. The van der Waals surface area contributed by atoms with E-state index in [4.69, 9.17) is 26.2 Å². The molecular formula is C47H85F2N3O7. The molecule has 0 aromatic carbocycles. The number of carbonyl (C=O) groups is 3. The van der Waals surface area contributed by atoms with Gasteiger partial charge in [-0.2, -0.15) is 5.26 Å². The number of esters is 2. The molecule has 0 aliphatic heterocycles. The predicted molar refractivity (Wildman–Crippen MR) is 230 cm³/mol. The van der Waals surface area contributed by atoms with Crippen LogP contribution in [0.5, 0.6) is 0 Å². The predicted octanol–water partition coefficient (Wildman–Crippen LogP) is 9.53. The summed E-state index contributed by atoms with van der Waals surface area (Å²) >= 11 is 0. The number of hydrogen-bond donors (Lipinski definition) is 4. The monoisotopic (exact) mass is 842 g/mol. The zero-order valence-corrected chi connectivity index (χ0v) is 37.9. The van der Waals surface area contributed by atoms with Crippen molar-refractivity contribution in [2.24, 2.45) is 41.1 Å². The number of rotatable bonds is 8. The average Bonchev–Trinajstić information content (AvgIpc) is 3.17. The van der Waals surface area contributed by atoms with Gasteiger partial charge in [0.05, 0.1) is 18.3 Å². The van der Waals surface area contributed by atoms with Crippen molar-refractivity contribution in [2.45, 2.75) is 231 Å². The molecule has 12 heteroatoms. The van der Waals surface area contributed by atoms with Crippen LogP contribution < -0.4 is 11.5 Å². The fourth-order valence-corrected chi connectivity index (χ4v) is 8.41. The smallest absolute Gasteiger partial charge is 0.306 e. The molecule has 10 nitrogen and oxygen atoms in total. The van der Waals surface area contributed by atoms with Crippen LogP contribution in [0.15, 0.2) is 0 Å². The number of carbonyl (C=O) groups excluding carboxylic acids is 3. The van der Waals surface area contributed by atoms with Crippen molar-refractivity contribution >= 4 is 17.7 Å². The summed E-state index contributed by atoms with van der Waals surface area (Å²) in [5, 5.41) is 27.4. The fraction of sp³-hybridized carbons (Fsp3) is 0.915. The number of Topliss-reactive ketones (excluding diaryl/α,β-unsaturated/α-hetero) is 1. The summed E-state index contributed by atoms with van der Waals surface area (Å²) in [5.74, 6) is 0.429.